The highest BCUT2D eigenvalue weighted by Crippen LogP contribution is 2.21. The van der Waals surface area contributed by atoms with E-state index < -0.39 is 0 Å². The molecule has 4 heteroatoms. The van der Waals surface area contributed by atoms with Crippen molar-refractivity contribution in [2.24, 2.45) is 0 Å². The zero-order chi connectivity index (χ0) is 10.8. The van der Waals surface area contributed by atoms with E-state index in [1.54, 1.807) is 18.5 Å². The van der Waals surface area contributed by atoms with Gasteiger partial charge in [-0.2, -0.15) is 0 Å². The Bertz CT molecular complexity index is 480. The number of nitrogens with two attached hydrogens (primary N) is 1. The Morgan fingerprint density at radius 2 is 1.87 bits per heavy atom. The maximum atomic E-state index is 5.71. The highest BCUT2D eigenvalue weighted by molar-refractivity contribution is 6.29. The van der Waals surface area contributed by atoms with E-state index >= 15 is 0 Å². The van der Waals surface area contributed by atoms with Gasteiger partial charge in [0.15, 0.2) is 0 Å². The molecule has 2 rings (SSSR count). The number of rotatable bonds is 1. The van der Waals surface area contributed by atoms with Crippen LogP contribution in [0.15, 0.2) is 30.6 Å². The smallest absolute Gasteiger partial charge is 0.129 e. The van der Waals surface area contributed by atoms with Crippen LogP contribution in [0.4, 0.5) is 5.82 Å². The maximum Gasteiger partial charge on any atom is 0.129 e. The van der Waals surface area contributed by atoms with Crippen molar-refractivity contribution >= 4 is 17.4 Å². The summed E-state index contributed by atoms with van der Waals surface area (Å²) < 4.78 is 0. The molecule has 0 radical (unpaired) electrons. The molecule has 0 saturated carbocycles. The Balaban J connectivity index is 2.45. The van der Waals surface area contributed by atoms with E-state index in [9.17, 15) is 0 Å². The Morgan fingerprint density at radius 3 is 2.47 bits per heavy atom. The van der Waals surface area contributed by atoms with E-state index in [0.717, 1.165) is 16.7 Å². The first-order valence-electron chi connectivity index (χ1n) is 4.51. The molecule has 0 aliphatic heterocycles. The fraction of sp³-hybridized carbons (Fsp3) is 0.0909. The van der Waals surface area contributed by atoms with Crippen LogP contribution >= 0.6 is 11.6 Å². The molecule has 2 heterocycles. The molecule has 0 amide bonds. The summed E-state index contributed by atoms with van der Waals surface area (Å²) in [5.41, 5.74) is 8.58. The standard InChI is InChI=1S/C11H10ClN3/c1-7-4-9(6-15-11(7)13)8-2-3-10(12)14-5-8/h2-6H,1H3,(H2,13,15). The zero-order valence-corrected chi connectivity index (χ0v) is 8.99. The largest absolute Gasteiger partial charge is 0.383 e. The average Bonchev–Trinajstić information content (AvgIpc) is 2.23. The van der Waals surface area contributed by atoms with Crippen LogP contribution in [0.1, 0.15) is 5.56 Å². The molecule has 0 fully saturated rings. The van der Waals surface area contributed by atoms with Crippen LogP contribution in [0.2, 0.25) is 5.15 Å². The van der Waals surface area contributed by atoms with E-state index in [-0.39, 0.29) is 0 Å². The molecule has 0 aliphatic rings. The normalized spacial score (nSPS) is 10.3. The van der Waals surface area contributed by atoms with E-state index in [0.29, 0.717) is 11.0 Å². The fourth-order valence-electron chi connectivity index (χ4n) is 1.29. The third-order valence-corrected chi connectivity index (χ3v) is 2.40. The highest BCUT2D eigenvalue weighted by atomic mass is 35.5. The molecular weight excluding hydrogens is 210 g/mol. The van der Waals surface area contributed by atoms with Gasteiger partial charge in [0.05, 0.1) is 0 Å². The predicted molar refractivity (Wildman–Crippen MR) is 61.6 cm³/mol. The van der Waals surface area contributed by atoms with Crippen LogP contribution in [0, 0.1) is 6.92 Å². The Hall–Kier alpha value is -1.61. The topological polar surface area (TPSA) is 51.8 Å². The van der Waals surface area contributed by atoms with Crippen molar-refractivity contribution in [3.8, 4) is 11.1 Å². The minimum atomic E-state index is 0.485. The number of halogens is 1. The van der Waals surface area contributed by atoms with Gasteiger partial charge in [-0.3, -0.25) is 0 Å². The van der Waals surface area contributed by atoms with Crippen molar-refractivity contribution < 1.29 is 0 Å². The molecule has 2 N–H and O–H groups in total. The molecule has 15 heavy (non-hydrogen) atoms. The lowest BCUT2D eigenvalue weighted by atomic mass is 10.1. The predicted octanol–water partition coefficient (Wildman–Crippen LogP) is 2.69. The van der Waals surface area contributed by atoms with Crippen LogP contribution in [0.25, 0.3) is 11.1 Å². The molecule has 2 aromatic rings. The fourth-order valence-corrected chi connectivity index (χ4v) is 1.40. The molecule has 76 valence electrons. The summed E-state index contributed by atoms with van der Waals surface area (Å²) in [6.07, 6.45) is 3.45. The van der Waals surface area contributed by atoms with Crippen LogP contribution in [-0.2, 0) is 0 Å². The number of hydrogen-bond donors (Lipinski definition) is 1. The zero-order valence-electron chi connectivity index (χ0n) is 8.24. The van der Waals surface area contributed by atoms with Gasteiger partial charge >= 0.3 is 0 Å². The average molecular weight is 220 g/mol. The number of pyridine rings is 2. The molecule has 2 aromatic heterocycles. The van der Waals surface area contributed by atoms with Crippen LogP contribution in [0.3, 0.4) is 0 Å². The number of aryl methyl sites for hydroxylation is 1. The first-order valence-corrected chi connectivity index (χ1v) is 4.88. The van der Waals surface area contributed by atoms with Gasteiger partial charge in [0.1, 0.15) is 11.0 Å². The Labute approximate surface area is 92.9 Å². The number of aromatic nitrogens is 2. The molecule has 0 unspecified atom stereocenters. The van der Waals surface area contributed by atoms with Crippen LogP contribution < -0.4 is 5.73 Å². The molecule has 0 aliphatic carbocycles. The van der Waals surface area contributed by atoms with Crippen molar-refractivity contribution in [3.05, 3.63) is 41.3 Å². The van der Waals surface area contributed by atoms with Gasteiger partial charge in [0.2, 0.25) is 0 Å². The lowest BCUT2D eigenvalue weighted by Gasteiger charge is -2.03. The Morgan fingerprint density at radius 1 is 1.13 bits per heavy atom. The summed E-state index contributed by atoms with van der Waals surface area (Å²) >= 11 is 5.71. The van der Waals surface area contributed by atoms with E-state index in [1.807, 2.05) is 19.1 Å². The summed E-state index contributed by atoms with van der Waals surface area (Å²) in [4.78, 5) is 8.11. The minimum absolute atomic E-state index is 0.485. The van der Waals surface area contributed by atoms with Crippen molar-refractivity contribution in [1.29, 1.82) is 0 Å². The van der Waals surface area contributed by atoms with Gasteiger partial charge in [-0.25, -0.2) is 9.97 Å². The number of hydrogen-bond acceptors (Lipinski definition) is 3. The van der Waals surface area contributed by atoms with Gasteiger partial charge in [0.25, 0.3) is 0 Å². The maximum absolute atomic E-state index is 5.71. The number of nitrogens with zero attached hydrogens (tertiary/aromatic N) is 2. The quantitative estimate of drug-likeness (QED) is 0.751. The van der Waals surface area contributed by atoms with Gasteiger partial charge < -0.3 is 5.73 Å². The molecule has 0 spiro atoms. The number of anilines is 1. The highest BCUT2D eigenvalue weighted by Gasteiger charge is 2.01. The van der Waals surface area contributed by atoms with Crippen molar-refractivity contribution in [1.82, 2.24) is 9.97 Å². The molecule has 0 atom stereocenters. The lowest BCUT2D eigenvalue weighted by Crippen LogP contribution is -1.94. The van der Waals surface area contributed by atoms with Crippen molar-refractivity contribution in [3.63, 3.8) is 0 Å². The third kappa shape index (κ3) is 2.07. The summed E-state index contributed by atoms with van der Waals surface area (Å²) in [5, 5.41) is 0.485. The summed E-state index contributed by atoms with van der Waals surface area (Å²) in [7, 11) is 0. The van der Waals surface area contributed by atoms with Gasteiger partial charge in [-0.05, 0) is 30.7 Å². The monoisotopic (exact) mass is 219 g/mol. The number of nitrogen functional groups attached to an aromatic ring is 1. The van der Waals surface area contributed by atoms with Gasteiger partial charge in [0, 0.05) is 23.5 Å². The molecular formula is C11H10ClN3. The van der Waals surface area contributed by atoms with Crippen molar-refractivity contribution in [2.45, 2.75) is 6.92 Å². The minimum Gasteiger partial charge on any atom is -0.383 e. The molecule has 0 saturated heterocycles. The molecule has 0 aromatic carbocycles. The van der Waals surface area contributed by atoms with Crippen LogP contribution in [-0.4, -0.2) is 9.97 Å². The summed E-state index contributed by atoms with van der Waals surface area (Å²) in [6.45, 7) is 1.93. The van der Waals surface area contributed by atoms with Crippen molar-refractivity contribution in [2.75, 3.05) is 5.73 Å². The van der Waals surface area contributed by atoms with Gasteiger partial charge in [-0.1, -0.05) is 11.6 Å². The van der Waals surface area contributed by atoms with E-state index in [1.165, 1.54) is 0 Å². The second-order valence-corrected chi connectivity index (χ2v) is 3.68. The first kappa shape index (κ1) is 9.93. The second-order valence-electron chi connectivity index (χ2n) is 3.30. The first-order chi connectivity index (χ1) is 7.16. The summed E-state index contributed by atoms with van der Waals surface area (Å²) in [5.74, 6) is 0.556. The van der Waals surface area contributed by atoms with E-state index in [2.05, 4.69) is 9.97 Å². The third-order valence-electron chi connectivity index (χ3n) is 2.18. The SMILES string of the molecule is Cc1cc(-c2ccc(Cl)nc2)cnc1N. The lowest BCUT2D eigenvalue weighted by molar-refractivity contribution is 1.27. The van der Waals surface area contributed by atoms with E-state index in [4.69, 9.17) is 17.3 Å². The van der Waals surface area contributed by atoms with Crippen LogP contribution in [0.5, 0.6) is 0 Å². The Kier molecular flexibility index (Phi) is 2.56. The van der Waals surface area contributed by atoms with Gasteiger partial charge in [-0.15, -0.1) is 0 Å². The molecule has 3 nitrogen and oxygen atoms in total. The second kappa shape index (κ2) is 3.87. The summed E-state index contributed by atoms with van der Waals surface area (Å²) in [6, 6.07) is 5.64. The molecule has 0 bridgehead atoms.